The standard InChI is InChI=1S/C14H17N3O4/c1-18-10-4-3-9(7-11(10)19-2)12-16-13(21-17-12)14(15)5-6-20-8-14/h3-4,7H,5-6,8,15H2,1-2H3. The van der Waals surface area contributed by atoms with Gasteiger partial charge in [-0.3, -0.25) is 0 Å². The minimum Gasteiger partial charge on any atom is -0.493 e. The van der Waals surface area contributed by atoms with Gasteiger partial charge in [-0.2, -0.15) is 4.98 Å². The van der Waals surface area contributed by atoms with Crippen LogP contribution >= 0.6 is 0 Å². The van der Waals surface area contributed by atoms with Crippen molar-refractivity contribution in [3.05, 3.63) is 24.1 Å². The molecule has 1 aliphatic heterocycles. The Morgan fingerprint density at radius 2 is 2.05 bits per heavy atom. The van der Waals surface area contributed by atoms with E-state index in [1.807, 2.05) is 6.07 Å². The van der Waals surface area contributed by atoms with Crippen LogP contribution in [-0.4, -0.2) is 37.6 Å². The summed E-state index contributed by atoms with van der Waals surface area (Å²) < 4.78 is 21.1. The Balaban J connectivity index is 1.93. The molecule has 1 unspecified atom stereocenters. The molecule has 1 fully saturated rings. The number of benzene rings is 1. The van der Waals surface area contributed by atoms with Crippen molar-refractivity contribution >= 4 is 0 Å². The van der Waals surface area contributed by atoms with Crippen LogP contribution in [0.25, 0.3) is 11.4 Å². The lowest BCUT2D eigenvalue weighted by Gasteiger charge is -2.15. The number of nitrogens with two attached hydrogens (primary N) is 1. The third-order valence-electron chi connectivity index (χ3n) is 3.55. The van der Waals surface area contributed by atoms with Crippen LogP contribution in [0.1, 0.15) is 12.3 Å². The van der Waals surface area contributed by atoms with Gasteiger partial charge in [0.15, 0.2) is 11.5 Å². The van der Waals surface area contributed by atoms with E-state index in [-0.39, 0.29) is 0 Å². The van der Waals surface area contributed by atoms with E-state index in [2.05, 4.69) is 10.1 Å². The second kappa shape index (κ2) is 5.34. The zero-order chi connectivity index (χ0) is 14.9. The molecule has 1 aliphatic rings. The summed E-state index contributed by atoms with van der Waals surface area (Å²) in [6, 6.07) is 5.42. The summed E-state index contributed by atoms with van der Waals surface area (Å²) >= 11 is 0. The third-order valence-corrected chi connectivity index (χ3v) is 3.55. The lowest BCUT2D eigenvalue weighted by atomic mass is 10.0. The largest absolute Gasteiger partial charge is 0.493 e. The average Bonchev–Trinajstić information content (AvgIpc) is 3.16. The number of hydrogen-bond acceptors (Lipinski definition) is 7. The molecule has 0 radical (unpaired) electrons. The number of hydrogen-bond donors (Lipinski definition) is 1. The maximum atomic E-state index is 6.21. The maximum Gasteiger partial charge on any atom is 0.249 e. The van der Waals surface area contributed by atoms with Gasteiger partial charge in [-0.15, -0.1) is 0 Å². The predicted octanol–water partition coefficient (Wildman–Crippen LogP) is 1.33. The first kappa shape index (κ1) is 13.8. The van der Waals surface area contributed by atoms with Crippen molar-refractivity contribution in [3.63, 3.8) is 0 Å². The van der Waals surface area contributed by atoms with Crippen LogP contribution in [-0.2, 0) is 10.3 Å². The van der Waals surface area contributed by atoms with Crippen LogP contribution in [0.3, 0.4) is 0 Å². The lowest BCUT2D eigenvalue weighted by Crippen LogP contribution is -2.37. The highest BCUT2D eigenvalue weighted by molar-refractivity contribution is 5.60. The summed E-state index contributed by atoms with van der Waals surface area (Å²) in [7, 11) is 3.16. The molecule has 1 saturated heterocycles. The summed E-state index contributed by atoms with van der Waals surface area (Å²) in [5, 5.41) is 3.99. The molecular formula is C14H17N3O4. The van der Waals surface area contributed by atoms with Gasteiger partial charge >= 0.3 is 0 Å². The zero-order valence-corrected chi connectivity index (χ0v) is 12.0. The highest BCUT2D eigenvalue weighted by Gasteiger charge is 2.38. The topological polar surface area (TPSA) is 92.6 Å². The van der Waals surface area contributed by atoms with Crippen LogP contribution in [0, 0.1) is 0 Å². The van der Waals surface area contributed by atoms with E-state index < -0.39 is 5.54 Å². The molecule has 112 valence electrons. The molecule has 0 bridgehead atoms. The minimum atomic E-state index is -0.693. The van der Waals surface area contributed by atoms with Crippen molar-refractivity contribution < 1.29 is 18.7 Å². The Labute approximate surface area is 122 Å². The van der Waals surface area contributed by atoms with Crippen LogP contribution in [0.5, 0.6) is 11.5 Å². The molecule has 0 saturated carbocycles. The second-order valence-electron chi connectivity index (χ2n) is 4.95. The molecule has 0 spiro atoms. The van der Waals surface area contributed by atoms with E-state index in [0.717, 1.165) is 5.56 Å². The second-order valence-corrected chi connectivity index (χ2v) is 4.95. The number of nitrogens with zero attached hydrogens (tertiary/aromatic N) is 2. The fourth-order valence-corrected chi connectivity index (χ4v) is 2.27. The molecule has 21 heavy (non-hydrogen) atoms. The van der Waals surface area contributed by atoms with Gasteiger partial charge in [0, 0.05) is 12.2 Å². The Kier molecular flexibility index (Phi) is 3.52. The first-order chi connectivity index (χ1) is 10.2. The van der Waals surface area contributed by atoms with Gasteiger partial charge in [0.2, 0.25) is 11.7 Å². The van der Waals surface area contributed by atoms with Gasteiger partial charge in [-0.1, -0.05) is 5.16 Å². The van der Waals surface area contributed by atoms with Crippen molar-refractivity contribution in [1.29, 1.82) is 0 Å². The Hall–Kier alpha value is -2.12. The molecule has 3 rings (SSSR count). The summed E-state index contributed by atoms with van der Waals surface area (Å²) in [4.78, 5) is 4.39. The highest BCUT2D eigenvalue weighted by Crippen LogP contribution is 2.32. The molecule has 2 heterocycles. The normalized spacial score (nSPS) is 21.5. The van der Waals surface area contributed by atoms with E-state index in [1.165, 1.54) is 0 Å². The number of aromatic nitrogens is 2. The molecule has 2 aromatic rings. The Morgan fingerprint density at radius 1 is 1.24 bits per heavy atom. The number of ether oxygens (including phenoxy) is 3. The minimum absolute atomic E-state index is 0.389. The summed E-state index contributed by atoms with van der Waals surface area (Å²) in [5.41, 5.74) is 6.28. The van der Waals surface area contributed by atoms with Crippen LogP contribution < -0.4 is 15.2 Å². The molecule has 0 amide bonds. The summed E-state index contributed by atoms with van der Waals surface area (Å²) in [6.45, 7) is 0.991. The molecular weight excluding hydrogens is 274 g/mol. The van der Waals surface area contributed by atoms with Gasteiger partial charge in [0.05, 0.1) is 20.8 Å². The van der Waals surface area contributed by atoms with Crippen LogP contribution in [0.2, 0.25) is 0 Å². The van der Waals surface area contributed by atoms with Crippen molar-refractivity contribution in [2.45, 2.75) is 12.0 Å². The van der Waals surface area contributed by atoms with Gasteiger partial charge in [0.25, 0.3) is 0 Å². The Morgan fingerprint density at radius 3 is 2.71 bits per heavy atom. The number of rotatable bonds is 4. The molecule has 1 atom stereocenters. The third kappa shape index (κ3) is 2.45. The van der Waals surface area contributed by atoms with Gasteiger partial charge in [-0.05, 0) is 24.6 Å². The smallest absolute Gasteiger partial charge is 0.249 e. The van der Waals surface area contributed by atoms with E-state index in [1.54, 1.807) is 26.4 Å². The van der Waals surface area contributed by atoms with Crippen molar-refractivity contribution in [1.82, 2.24) is 10.1 Å². The van der Waals surface area contributed by atoms with Crippen molar-refractivity contribution in [2.75, 3.05) is 27.4 Å². The lowest BCUT2D eigenvalue weighted by molar-refractivity contribution is 0.166. The van der Waals surface area contributed by atoms with Crippen LogP contribution in [0.15, 0.2) is 22.7 Å². The molecule has 2 N–H and O–H groups in total. The molecule has 0 aliphatic carbocycles. The number of methoxy groups -OCH3 is 2. The fourth-order valence-electron chi connectivity index (χ4n) is 2.27. The summed E-state index contributed by atoms with van der Waals surface area (Å²) in [5.74, 6) is 2.10. The highest BCUT2D eigenvalue weighted by atomic mass is 16.5. The zero-order valence-electron chi connectivity index (χ0n) is 12.0. The van der Waals surface area contributed by atoms with Crippen molar-refractivity contribution in [2.24, 2.45) is 5.73 Å². The Bertz CT molecular complexity index is 635. The van der Waals surface area contributed by atoms with E-state index >= 15 is 0 Å². The summed E-state index contributed by atoms with van der Waals surface area (Å²) in [6.07, 6.45) is 0.667. The molecule has 7 heteroatoms. The predicted molar refractivity (Wildman–Crippen MR) is 74.1 cm³/mol. The maximum absolute atomic E-state index is 6.21. The first-order valence-corrected chi connectivity index (χ1v) is 6.59. The molecule has 1 aromatic carbocycles. The SMILES string of the molecule is COc1ccc(-c2noc(C3(N)CCOC3)n2)cc1OC. The van der Waals surface area contributed by atoms with Gasteiger partial charge in [0.1, 0.15) is 5.54 Å². The van der Waals surface area contributed by atoms with E-state index in [9.17, 15) is 0 Å². The first-order valence-electron chi connectivity index (χ1n) is 6.59. The van der Waals surface area contributed by atoms with E-state index in [0.29, 0.717) is 42.8 Å². The van der Waals surface area contributed by atoms with E-state index in [4.69, 9.17) is 24.5 Å². The average molecular weight is 291 g/mol. The molecule has 1 aromatic heterocycles. The molecule has 7 nitrogen and oxygen atoms in total. The quantitative estimate of drug-likeness (QED) is 0.908. The van der Waals surface area contributed by atoms with Gasteiger partial charge in [-0.25, -0.2) is 0 Å². The fraction of sp³-hybridized carbons (Fsp3) is 0.429. The van der Waals surface area contributed by atoms with Crippen molar-refractivity contribution in [3.8, 4) is 22.9 Å². The van der Waals surface area contributed by atoms with Gasteiger partial charge < -0.3 is 24.5 Å². The monoisotopic (exact) mass is 291 g/mol. The van der Waals surface area contributed by atoms with Crippen LogP contribution in [0.4, 0.5) is 0 Å².